The molecule has 3 aromatic rings. The van der Waals surface area contributed by atoms with Crippen molar-refractivity contribution in [1.82, 2.24) is 20.2 Å². The molecule has 1 aliphatic rings. The highest BCUT2D eigenvalue weighted by Crippen LogP contribution is 2.30. The third kappa shape index (κ3) is 4.42. The predicted molar refractivity (Wildman–Crippen MR) is 125 cm³/mol. The van der Waals surface area contributed by atoms with E-state index in [1.165, 1.54) is 17.6 Å². The van der Waals surface area contributed by atoms with Crippen molar-refractivity contribution in [1.29, 1.82) is 0 Å². The smallest absolute Gasteiger partial charge is 0.265 e. The predicted octanol–water partition coefficient (Wildman–Crippen LogP) is 5.93. The first-order valence-corrected chi connectivity index (χ1v) is 10.7. The van der Waals surface area contributed by atoms with Gasteiger partial charge in [0.2, 0.25) is 0 Å². The van der Waals surface area contributed by atoms with Crippen LogP contribution >= 0.6 is 0 Å². The molecule has 2 heterocycles. The Hall–Kier alpha value is -3.02. The number of H-pyrrole nitrogens is 1. The maximum atomic E-state index is 4.54. The van der Waals surface area contributed by atoms with Crippen molar-refractivity contribution in [2.45, 2.75) is 53.4 Å². The van der Waals surface area contributed by atoms with E-state index < -0.39 is 0 Å². The van der Waals surface area contributed by atoms with Crippen LogP contribution in [0.2, 0.25) is 0 Å². The molecule has 0 unspecified atom stereocenters. The molecule has 0 fully saturated rings. The number of allylic oxidation sites excluding steroid dienone is 4. The average molecular weight is 403 g/mol. The molecule has 6 heteroatoms. The number of aryl methyl sites for hydroxylation is 1. The van der Waals surface area contributed by atoms with Crippen LogP contribution in [-0.2, 0) is 0 Å². The molecule has 0 saturated carbocycles. The summed E-state index contributed by atoms with van der Waals surface area (Å²) in [6.45, 7) is 8.70. The second kappa shape index (κ2) is 8.78. The van der Waals surface area contributed by atoms with Crippen LogP contribution in [-0.4, -0.2) is 26.4 Å². The van der Waals surface area contributed by atoms with Gasteiger partial charge in [-0.1, -0.05) is 48.4 Å². The van der Waals surface area contributed by atoms with Crippen molar-refractivity contribution in [2.24, 2.45) is 16.9 Å². The first-order valence-electron chi connectivity index (χ1n) is 10.7. The van der Waals surface area contributed by atoms with Gasteiger partial charge in [0.25, 0.3) is 5.95 Å². The highest BCUT2D eigenvalue weighted by molar-refractivity contribution is 6.04. The van der Waals surface area contributed by atoms with Gasteiger partial charge < -0.3 is 4.98 Å². The number of benzene rings is 1. The summed E-state index contributed by atoms with van der Waals surface area (Å²) in [4.78, 5) is 7.89. The Morgan fingerprint density at radius 2 is 2.17 bits per heavy atom. The van der Waals surface area contributed by atoms with E-state index in [1.807, 2.05) is 18.3 Å². The highest BCUT2D eigenvalue weighted by Gasteiger charge is 2.20. The number of aromatic nitrogens is 4. The Balaban J connectivity index is 1.40. The molecule has 2 atom stereocenters. The molecule has 0 saturated heterocycles. The van der Waals surface area contributed by atoms with Crippen molar-refractivity contribution in [3.05, 3.63) is 47.1 Å². The summed E-state index contributed by atoms with van der Waals surface area (Å²) in [5.74, 6) is 1.42. The molecule has 0 aliphatic heterocycles. The van der Waals surface area contributed by atoms with Gasteiger partial charge in [-0.15, -0.1) is 10.2 Å². The van der Waals surface area contributed by atoms with Crippen LogP contribution in [0.4, 0.5) is 5.95 Å². The fourth-order valence-electron chi connectivity index (χ4n) is 4.12. The van der Waals surface area contributed by atoms with Crippen LogP contribution in [0, 0.1) is 18.8 Å². The topological polar surface area (TPSA) is 78.8 Å². The summed E-state index contributed by atoms with van der Waals surface area (Å²) in [6.07, 6.45) is 11.2. The largest absolute Gasteiger partial charge is 0.337 e. The van der Waals surface area contributed by atoms with Crippen molar-refractivity contribution in [3.63, 3.8) is 0 Å². The Labute approximate surface area is 177 Å². The van der Waals surface area contributed by atoms with Crippen molar-refractivity contribution in [3.8, 4) is 0 Å². The number of rotatable bonds is 6. The van der Waals surface area contributed by atoms with Crippen LogP contribution < -0.4 is 5.43 Å². The van der Waals surface area contributed by atoms with Gasteiger partial charge in [-0.2, -0.15) is 10.1 Å². The number of nitrogens with zero attached hydrogens (tertiary/aromatic N) is 4. The van der Waals surface area contributed by atoms with Crippen LogP contribution in [0.3, 0.4) is 0 Å². The number of para-hydroxylation sites is 1. The van der Waals surface area contributed by atoms with Crippen molar-refractivity contribution in [2.75, 3.05) is 5.43 Å². The van der Waals surface area contributed by atoms with Crippen molar-refractivity contribution >= 4 is 34.2 Å². The van der Waals surface area contributed by atoms with Crippen LogP contribution in [0.5, 0.6) is 0 Å². The zero-order valence-corrected chi connectivity index (χ0v) is 18.2. The average Bonchev–Trinajstić information content (AvgIpc) is 3.09. The maximum absolute atomic E-state index is 4.54. The normalized spacial score (nSPS) is 19.4. The molecule has 156 valence electrons. The van der Waals surface area contributed by atoms with Gasteiger partial charge in [0.05, 0.1) is 5.52 Å². The molecule has 1 aromatic carbocycles. The maximum Gasteiger partial charge on any atom is 0.265 e. The summed E-state index contributed by atoms with van der Waals surface area (Å²) < 4.78 is 0. The summed E-state index contributed by atoms with van der Waals surface area (Å²) >= 11 is 0. The molecular formula is C24H30N6. The van der Waals surface area contributed by atoms with Crippen LogP contribution in [0.1, 0.15) is 52.0 Å². The minimum Gasteiger partial charge on any atom is -0.337 e. The third-order valence-corrected chi connectivity index (χ3v) is 5.90. The lowest BCUT2D eigenvalue weighted by atomic mass is 9.80. The molecular weight excluding hydrogens is 372 g/mol. The second-order valence-electron chi connectivity index (χ2n) is 8.61. The first-order chi connectivity index (χ1) is 14.5. The molecule has 0 radical (unpaired) electrons. The second-order valence-corrected chi connectivity index (χ2v) is 8.61. The fraction of sp³-hybridized carbons (Fsp3) is 0.417. The van der Waals surface area contributed by atoms with Gasteiger partial charge in [-0.05, 0) is 57.9 Å². The molecule has 4 rings (SSSR count). The number of anilines is 1. The van der Waals surface area contributed by atoms with E-state index in [4.69, 9.17) is 0 Å². The summed E-state index contributed by atoms with van der Waals surface area (Å²) in [6, 6.07) is 6.13. The summed E-state index contributed by atoms with van der Waals surface area (Å²) in [5.41, 5.74) is 9.66. The molecule has 0 bridgehead atoms. The monoisotopic (exact) mass is 402 g/mol. The highest BCUT2D eigenvalue weighted by atomic mass is 15.4. The quantitative estimate of drug-likeness (QED) is 0.304. The third-order valence-electron chi connectivity index (χ3n) is 5.90. The number of fused-ring (bicyclic) bond motifs is 3. The van der Waals surface area contributed by atoms with E-state index in [0.717, 1.165) is 41.3 Å². The number of hydrogen-bond donors (Lipinski definition) is 2. The van der Waals surface area contributed by atoms with Gasteiger partial charge in [0.15, 0.2) is 5.65 Å². The Morgan fingerprint density at radius 3 is 2.97 bits per heavy atom. The Bertz CT molecular complexity index is 1130. The number of nitrogens with one attached hydrogen (secondary N) is 2. The first kappa shape index (κ1) is 20.3. The van der Waals surface area contributed by atoms with E-state index in [9.17, 15) is 0 Å². The molecule has 2 N–H and O–H groups in total. The molecule has 6 nitrogen and oxygen atoms in total. The lowest BCUT2D eigenvalue weighted by Crippen LogP contribution is -2.18. The Kier molecular flexibility index (Phi) is 5.93. The lowest BCUT2D eigenvalue weighted by Gasteiger charge is -2.25. The zero-order chi connectivity index (χ0) is 21.1. The molecule has 30 heavy (non-hydrogen) atoms. The van der Waals surface area contributed by atoms with Crippen molar-refractivity contribution < 1.29 is 0 Å². The standard InChI is InChI=1S/C24H30N6/c1-15(2)7-5-9-18-11-12-19(17(4)13-18)14-25-29-24-27-23-22(28-30-24)20-10-6-8-16(3)21(20)26-23/h6-8,10-11,14,17,19H,5,9,12-13H2,1-4H3,(H2,26,27,29,30)/b25-14-/t17-,19-/m0/s1. The van der Waals surface area contributed by atoms with E-state index in [0.29, 0.717) is 17.8 Å². The molecule has 2 aromatic heterocycles. The Morgan fingerprint density at radius 1 is 1.30 bits per heavy atom. The molecule has 1 aliphatic carbocycles. The number of hydrazone groups is 1. The van der Waals surface area contributed by atoms with Crippen LogP contribution in [0.15, 0.2) is 46.6 Å². The minimum absolute atomic E-state index is 0.407. The van der Waals surface area contributed by atoms with Gasteiger partial charge in [-0.25, -0.2) is 5.43 Å². The number of aromatic amines is 1. The van der Waals surface area contributed by atoms with E-state index in [2.05, 4.69) is 76.6 Å². The van der Waals surface area contributed by atoms with Gasteiger partial charge in [-0.3, -0.25) is 0 Å². The zero-order valence-electron chi connectivity index (χ0n) is 18.2. The fourth-order valence-corrected chi connectivity index (χ4v) is 4.12. The van der Waals surface area contributed by atoms with E-state index in [-0.39, 0.29) is 0 Å². The van der Waals surface area contributed by atoms with Crippen LogP contribution in [0.25, 0.3) is 22.1 Å². The molecule has 0 spiro atoms. The SMILES string of the molecule is CC(C)=CCCC1=CC[C@@H](/C=N\Nc2nnc3c(n2)[nH]c2c(C)cccc23)[C@@H](C)C1. The van der Waals surface area contributed by atoms with Gasteiger partial charge in [0, 0.05) is 17.5 Å². The van der Waals surface area contributed by atoms with E-state index in [1.54, 1.807) is 5.57 Å². The van der Waals surface area contributed by atoms with Gasteiger partial charge in [0.1, 0.15) is 5.52 Å². The summed E-state index contributed by atoms with van der Waals surface area (Å²) in [7, 11) is 0. The van der Waals surface area contributed by atoms with E-state index >= 15 is 0 Å². The molecule has 0 amide bonds. The minimum atomic E-state index is 0.407. The summed E-state index contributed by atoms with van der Waals surface area (Å²) in [5, 5.41) is 14.0. The number of hydrogen-bond acceptors (Lipinski definition) is 5. The lowest BCUT2D eigenvalue weighted by molar-refractivity contribution is 0.431. The van der Waals surface area contributed by atoms with Gasteiger partial charge >= 0.3 is 0 Å².